The lowest BCUT2D eigenvalue weighted by Crippen LogP contribution is -2.50. The topological polar surface area (TPSA) is 54.9 Å². The van der Waals surface area contributed by atoms with Crippen LogP contribution in [0.1, 0.15) is 43.0 Å². The van der Waals surface area contributed by atoms with Gasteiger partial charge in [-0.25, -0.2) is 4.98 Å². The van der Waals surface area contributed by atoms with Gasteiger partial charge in [0.2, 0.25) is 5.91 Å². The molecule has 2 aliphatic rings. The first kappa shape index (κ1) is 23.0. The van der Waals surface area contributed by atoms with E-state index in [1.165, 1.54) is 0 Å². The molecule has 0 aliphatic carbocycles. The van der Waals surface area contributed by atoms with E-state index in [0.29, 0.717) is 6.61 Å². The summed E-state index contributed by atoms with van der Waals surface area (Å²) in [4.78, 5) is 21.8. The first-order valence-corrected chi connectivity index (χ1v) is 12.3. The van der Waals surface area contributed by atoms with Crippen molar-refractivity contribution < 1.29 is 14.3 Å². The number of carbonyl (C=O) groups excluding carboxylic acids is 1. The Morgan fingerprint density at radius 1 is 1.25 bits per heavy atom. The van der Waals surface area contributed by atoms with Crippen molar-refractivity contribution in [1.82, 2.24) is 14.8 Å². The second-order valence-corrected chi connectivity index (χ2v) is 9.91. The number of aromatic nitrogens is 1. The predicted molar refractivity (Wildman–Crippen MR) is 128 cm³/mol. The molecule has 1 aromatic heterocycles. The van der Waals surface area contributed by atoms with E-state index in [4.69, 9.17) is 9.47 Å². The molecule has 32 heavy (non-hydrogen) atoms. The SMILES string of the molecule is Cc1nc(COc2ccc(C=CC(=O)N3CCCC3CN3CC(C)OC(C)C3)cc2)cs1. The Labute approximate surface area is 194 Å². The number of benzene rings is 1. The van der Waals surface area contributed by atoms with Gasteiger partial charge in [0, 0.05) is 43.7 Å². The number of aryl methyl sites for hydroxylation is 1. The van der Waals surface area contributed by atoms with E-state index in [2.05, 4.69) is 23.7 Å². The molecule has 3 heterocycles. The average Bonchev–Trinajstić information content (AvgIpc) is 3.39. The van der Waals surface area contributed by atoms with Crippen LogP contribution in [0.5, 0.6) is 5.75 Å². The molecule has 7 heteroatoms. The highest BCUT2D eigenvalue weighted by atomic mass is 32.1. The van der Waals surface area contributed by atoms with Crippen molar-refractivity contribution in [1.29, 1.82) is 0 Å². The van der Waals surface area contributed by atoms with Gasteiger partial charge in [0.15, 0.2) is 0 Å². The summed E-state index contributed by atoms with van der Waals surface area (Å²) >= 11 is 1.63. The standard InChI is InChI=1S/C25H33N3O3S/c1-18-13-27(14-19(2)31-18)15-23-5-4-12-28(23)25(29)11-8-21-6-9-24(10-7-21)30-16-22-17-32-20(3)26-22/h6-11,17-19,23H,4-5,12-16H2,1-3H3. The summed E-state index contributed by atoms with van der Waals surface area (Å²) in [5.41, 5.74) is 1.94. The van der Waals surface area contributed by atoms with E-state index < -0.39 is 0 Å². The predicted octanol–water partition coefficient (Wildman–Crippen LogP) is 4.14. The molecule has 172 valence electrons. The molecule has 2 fully saturated rings. The third kappa shape index (κ3) is 6.18. The fraction of sp³-hybridized carbons (Fsp3) is 0.520. The Balaban J connectivity index is 1.29. The van der Waals surface area contributed by atoms with Crippen LogP contribution >= 0.6 is 11.3 Å². The number of morpholine rings is 1. The van der Waals surface area contributed by atoms with Crippen molar-refractivity contribution in [2.45, 2.75) is 58.5 Å². The number of hydrogen-bond acceptors (Lipinski definition) is 6. The monoisotopic (exact) mass is 455 g/mol. The van der Waals surface area contributed by atoms with Crippen molar-refractivity contribution in [3.05, 3.63) is 52.0 Å². The molecule has 0 radical (unpaired) electrons. The Kier molecular flexibility index (Phi) is 7.60. The summed E-state index contributed by atoms with van der Waals surface area (Å²) in [7, 11) is 0. The zero-order valence-corrected chi connectivity index (χ0v) is 20.0. The van der Waals surface area contributed by atoms with Crippen molar-refractivity contribution in [2.75, 3.05) is 26.2 Å². The van der Waals surface area contributed by atoms with Crippen LogP contribution < -0.4 is 4.74 Å². The van der Waals surface area contributed by atoms with Crippen LogP contribution in [0.3, 0.4) is 0 Å². The van der Waals surface area contributed by atoms with Crippen LogP contribution in [0.15, 0.2) is 35.7 Å². The number of carbonyl (C=O) groups is 1. The second-order valence-electron chi connectivity index (χ2n) is 8.85. The van der Waals surface area contributed by atoms with Crippen LogP contribution in [0.25, 0.3) is 6.08 Å². The van der Waals surface area contributed by atoms with Gasteiger partial charge in [-0.3, -0.25) is 9.69 Å². The maximum absolute atomic E-state index is 12.9. The molecule has 2 saturated heterocycles. The van der Waals surface area contributed by atoms with E-state index >= 15 is 0 Å². The van der Waals surface area contributed by atoms with Crippen LogP contribution in [-0.2, 0) is 16.1 Å². The van der Waals surface area contributed by atoms with Gasteiger partial charge in [0.1, 0.15) is 12.4 Å². The lowest BCUT2D eigenvalue weighted by Gasteiger charge is -2.38. The first-order valence-electron chi connectivity index (χ1n) is 11.5. The van der Waals surface area contributed by atoms with Crippen LogP contribution in [0.2, 0.25) is 0 Å². The van der Waals surface area contributed by atoms with Gasteiger partial charge in [-0.15, -0.1) is 11.3 Å². The quantitative estimate of drug-likeness (QED) is 0.587. The maximum atomic E-state index is 12.9. The van der Waals surface area contributed by atoms with Crippen LogP contribution in [-0.4, -0.2) is 65.1 Å². The Bertz CT molecular complexity index is 917. The molecule has 1 amide bonds. The highest BCUT2D eigenvalue weighted by Crippen LogP contribution is 2.22. The lowest BCUT2D eigenvalue weighted by atomic mass is 10.1. The fourth-order valence-corrected chi connectivity index (χ4v) is 5.21. The van der Waals surface area contributed by atoms with Gasteiger partial charge in [-0.2, -0.15) is 0 Å². The summed E-state index contributed by atoms with van der Waals surface area (Å²) in [5.74, 6) is 0.897. The van der Waals surface area contributed by atoms with Gasteiger partial charge >= 0.3 is 0 Å². The highest BCUT2D eigenvalue weighted by Gasteiger charge is 2.31. The van der Waals surface area contributed by atoms with Crippen molar-refractivity contribution in [3.8, 4) is 5.75 Å². The maximum Gasteiger partial charge on any atom is 0.246 e. The molecule has 0 bridgehead atoms. The third-order valence-electron chi connectivity index (χ3n) is 5.98. The summed E-state index contributed by atoms with van der Waals surface area (Å²) in [5, 5.41) is 3.06. The minimum absolute atomic E-state index is 0.0982. The van der Waals surface area contributed by atoms with E-state index in [1.807, 2.05) is 47.5 Å². The molecule has 3 atom stereocenters. The molecule has 2 aliphatic heterocycles. The van der Waals surface area contributed by atoms with E-state index in [1.54, 1.807) is 17.4 Å². The minimum atomic E-state index is 0.0982. The van der Waals surface area contributed by atoms with E-state index in [9.17, 15) is 4.79 Å². The minimum Gasteiger partial charge on any atom is -0.487 e. The van der Waals surface area contributed by atoms with Crippen LogP contribution in [0.4, 0.5) is 0 Å². The average molecular weight is 456 g/mol. The number of hydrogen-bond donors (Lipinski definition) is 0. The molecule has 4 rings (SSSR count). The molecule has 0 N–H and O–H groups in total. The molecule has 6 nitrogen and oxygen atoms in total. The van der Waals surface area contributed by atoms with Gasteiger partial charge < -0.3 is 14.4 Å². The Morgan fingerprint density at radius 3 is 2.69 bits per heavy atom. The largest absolute Gasteiger partial charge is 0.487 e. The summed E-state index contributed by atoms with van der Waals surface area (Å²) in [6, 6.07) is 8.10. The molecule has 2 aromatic rings. The fourth-order valence-electron chi connectivity index (χ4n) is 4.62. The molecule has 3 unspecified atom stereocenters. The van der Waals surface area contributed by atoms with Gasteiger partial charge in [-0.1, -0.05) is 12.1 Å². The summed E-state index contributed by atoms with van der Waals surface area (Å²) in [6.45, 7) is 10.4. The Hall–Kier alpha value is -2.22. The summed E-state index contributed by atoms with van der Waals surface area (Å²) < 4.78 is 11.6. The van der Waals surface area contributed by atoms with Crippen molar-refractivity contribution in [3.63, 3.8) is 0 Å². The van der Waals surface area contributed by atoms with Crippen molar-refractivity contribution in [2.24, 2.45) is 0 Å². The third-order valence-corrected chi connectivity index (χ3v) is 6.80. The zero-order valence-electron chi connectivity index (χ0n) is 19.2. The number of nitrogens with zero attached hydrogens (tertiary/aromatic N) is 3. The number of amides is 1. The first-order chi connectivity index (χ1) is 15.5. The lowest BCUT2D eigenvalue weighted by molar-refractivity contribution is -0.127. The number of thiazole rings is 1. The molecular weight excluding hydrogens is 422 g/mol. The Morgan fingerprint density at radius 2 is 2.00 bits per heavy atom. The number of likely N-dealkylation sites (tertiary alicyclic amines) is 1. The molecule has 1 aromatic carbocycles. The summed E-state index contributed by atoms with van der Waals surface area (Å²) in [6.07, 6.45) is 6.25. The van der Waals surface area contributed by atoms with Gasteiger partial charge in [-0.05, 0) is 57.4 Å². The van der Waals surface area contributed by atoms with E-state index in [0.717, 1.165) is 61.0 Å². The highest BCUT2D eigenvalue weighted by molar-refractivity contribution is 7.09. The normalized spacial score (nSPS) is 24.3. The number of rotatable bonds is 7. The van der Waals surface area contributed by atoms with Gasteiger partial charge in [0.05, 0.1) is 22.9 Å². The smallest absolute Gasteiger partial charge is 0.246 e. The molecule has 0 spiro atoms. The van der Waals surface area contributed by atoms with Gasteiger partial charge in [0.25, 0.3) is 0 Å². The zero-order chi connectivity index (χ0) is 22.5. The van der Waals surface area contributed by atoms with Crippen molar-refractivity contribution >= 4 is 23.3 Å². The van der Waals surface area contributed by atoms with Crippen LogP contribution in [0, 0.1) is 6.92 Å². The molecular formula is C25H33N3O3S. The second kappa shape index (κ2) is 10.6. The van der Waals surface area contributed by atoms with E-state index in [-0.39, 0.29) is 24.2 Å². The molecule has 0 saturated carbocycles. The number of ether oxygens (including phenoxy) is 2.